The van der Waals surface area contributed by atoms with Gasteiger partial charge in [-0.05, 0) is 23.9 Å². The van der Waals surface area contributed by atoms with E-state index in [1.54, 1.807) is 16.2 Å². The van der Waals surface area contributed by atoms with Crippen molar-refractivity contribution in [2.75, 3.05) is 7.05 Å². The van der Waals surface area contributed by atoms with E-state index in [1.807, 2.05) is 62.7 Å². The van der Waals surface area contributed by atoms with Gasteiger partial charge in [0.05, 0.1) is 12.0 Å². The van der Waals surface area contributed by atoms with Gasteiger partial charge in [0.25, 0.3) is 0 Å². The van der Waals surface area contributed by atoms with Crippen LogP contribution in [0.4, 0.5) is 0 Å². The number of hydrogen-bond acceptors (Lipinski definition) is 3. The average Bonchev–Trinajstić information content (AvgIpc) is 3.06. The lowest BCUT2D eigenvalue weighted by molar-refractivity contribution is -0.136. The van der Waals surface area contributed by atoms with Gasteiger partial charge in [0.15, 0.2) is 0 Å². The van der Waals surface area contributed by atoms with Crippen LogP contribution in [0.25, 0.3) is 0 Å². The summed E-state index contributed by atoms with van der Waals surface area (Å²) < 4.78 is 0. The molecule has 1 aromatic carbocycles. The molecule has 2 N–H and O–H groups in total. The third-order valence-electron chi connectivity index (χ3n) is 4.00. The Balaban J connectivity index is 2.08. The molecule has 1 heterocycles. The third kappa shape index (κ3) is 3.52. The molecule has 2 rings (SSSR count). The summed E-state index contributed by atoms with van der Waals surface area (Å²) in [5.41, 5.74) is 7.25. The van der Waals surface area contributed by atoms with Crippen LogP contribution >= 0.6 is 11.3 Å². The number of nitrogens with two attached hydrogens (primary N) is 1. The number of nitrogens with zero attached hydrogens (tertiary/aromatic N) is 1. The van der Waals surface area contributed by atoms with Gasteiger partial charge >= 0.3 is 0 Å². The molecule has 3 unspecified atom stereocenters. The molecule has 0 aliphatic heterocycles. The van der Waals surface area contributed by atoms with Crippen molar-refractivity contribution >= 4 is 17.2 Å². The molecular formula is C17H22N2OS. The normalized spacial score (nSPS) is 15.2. The summed E-state index contributed by atoms with van der Waals surface area (Å²) >= 11 is 1.67. The highest BCUT2D eigenvalue weighted by atomic mass is 32.1. The quantitative estimate of drug-likeness (QED) is 0.917. The predicted molar refractivity (Wildman–Crippen MR) is 88.0 cm³/mol. The predicted octanol–water partition coefficient (Wildman–Crippen LogP) is 3.60. The molecule has 112 valence electrons. The van der Waals surface area contributed by atoms with Gasteiger partial charge in [0, 0.05) is 18.0 Å². The molecule has 0 saturated heterocycles. The second-order valence-electron chi connectivity index (χ2n) is 5.37. The zero-order valence-electron chi connectivity index (χ0n) is 12.7. The third-order valence-corrected chi connectivity index (χ3v) is 5.04. The van der Waals surface area contributed by atoms with E-state index in [0.717, 1.165) is 5.56 Å². The molecule has 2 aromatic rings. The fourth-order valence-electron chi connectivity index (χ4n) is 2.35. The van der Waals surface area contributed by atoms with Gasteiger partial charge < -0.3 is 10.6 Å². The molecule has 4 heteroatoms. The Hall–Kier alpha value is -1.65. The zero-order valence-corrected chi connectivity index (χ0v) is 13.5. The number of thiophene rings is 1. The Morgan fingerprint density at radius 1 is 1.14 bits per heavy atom. The smallest absolute Gasteiger partial charge is 0.227 e. The number of benzene rings is 1. The van der Waals surface area contributed by atoms with Crippen molar-refractivity contribution in [3.05, 3.63) is 58.3 Å². The highest BCUT2D eigenvalue weighted by Gasteiger charge is 2.27. The van der Waals surface area contributed by atoms with Crippen molar-refractivity contribution in [2.24, 2.45) is 11.7 Å². The van der Waals surface area contributed by atoms with Gasteiger partial charge in [-0.2, -0.15) is 0 Å². The van der Waals surface area contributed by atoms with Crippen molar-refractivity contribution in [2.45, 2.75) is 25.9 Å². The first kappa shape index (κ1) is 15.7. The van der Waals surface area contributed by atoms with Crippen LogP contribution < -0.4 is 5.73 Å². The lowest BCUT2D eigenvalue weighted by atomic mass is 9.94. The van der Waals surface area contributed by atoms with Gasteiger partial charge in [-0.15, -0.1) is 11.3 Å². The molecule has 0 saturated carbocycles. The number of amides is 1. The van der Waals surface area contributed by atoms with E-state index in [2.05, 4.69) is 6.07 Å². The number of carbonyl (C=O) groups excluding carboxylic acids is 1. The Morgan fingerprint density at radius 3 is 2.38 bits per heavy atom. The first-order chi connectivity index (χ1) is 10.0. The van der Waals surface area contributed by atoms with Crippen molar-refractivity contribution < 1.29 is 4.79 Å². The molecule has 21 heavy (non-hydrogen) atoms. The molecule has 0 aliphatic rings. The lowest BCUT2D eigenvalue weighted by Gasteiger charge is -2.29. The summed E-state index contributed by atoms with van der Waals surface area (Å²) in [5.74, 6) is -0.174. The monoisotopic (exact) mass is 302 g/mol. The Morgan fingerprint density at radius 2 is 1.81 bits per heavy atom. The molecular weight excluding hydrogens is 280 g/mol. The minimum absolute atomic E-state index is 0.0722. The van der Waals surface area contributed by atoms with Crippen LogP contribution in [-0.4, -0.2) is 17.9 Å². The van der Waals surface area contributed by atoms with E-state index in [0.29, 0.717) is 0 Å². The maximum absolute atomic E-state index is 12.6. The first-order valence-electron chi connectivity index (χ1n) is 7.13. The van der Waals surface area contributed by atoms with Crippen molar-refractivity contribution in [1.29, 1.82) is 0 Å². The van der Waals surface area contributed by atoms with Crippen LogP contribution in [0.5, 0.6) is 0 Å². The molecule has 0 fully saturated rings. The topological polar surface area (TPSA) is 46.3 Å². The standard InChI is InChI=1S/C17H22N2OS/c1-12(16(18)14-8-5-4-6-9-14)17(20)19(3)13(2)15-10-7-11-21-15/h4-13,16H,18H2,1-3H3. The van der Waals surface area contributed by atoms with Crippen LogP contribution in [0.1, 0.15) is 36.4 Å². The minimum Gasteiger partial charge on any atom is -0.338 e. The number of rotatable bonds is 5. The minimum atomic E-state index is -0.281. The molecule has 3 nitrogen and oxygen atoms in total. The Kier molecular flexibility index (Phi) is 5.15. The van der Waals surface area contributed by atoms with Crippen molar-refractivity contribution in [3.63, 3.8) is 0 Å². The van der Waals surface area contributed by atoms with Gasteiger partial charge in [0.1, 0.15) is 0 Å². The number of hydrogen-bond donors (Lipinski definition) is 1. The lowest BCUT2D eigenvalue weighted by Crippen LogP contribution is -2.38. The van der Waals surface area contributed by atoms with E-state index < -0.39 is 0 Å². The second-order valence-corrected chi connectivity index (χ2v) is 6.34. The molecule has 0 bridgehead atoms. The summed E-state index contributed by atoms with van der Waals surface area (Å²) in [7, 11) is 1.85. The fourth-order valence-corrected chi connectivity index (χ4v) is 3.18. The van der Waals surface area contributed by atoms with Crippen LogP contribution in [0.3, 0.4) is 0 Å². The molecule has 0 spiro atoms. The van der Waals surface area contributed by atoms with Gasteiger partial charge in [0.2, 0.25) is 5.91 Å². The summed E-state index contributed by atoms with van der Waals surface area (Å²) in [4.78, 5) is 15.6. The number of carbonyl (C=O) groups is 1. The van der Waals surface area contributed by atoms with E-state index in [9.17, 15) is 4.79 Å². The summed E-state index contributed by atoms with van der Waals surface area (Å²) in [5, 5.41) is 2.03. The van der Waals surface area contributed by atoms with E-state index in [-0.39, 0.29) is 23.9 Å². The maximum Gasteiger partial charge on any atom is 0.227 e. The van der Waals surface area contributed by atoms with E-state index in [1.165, 1.54) is 4.88 Å². The SMILES string of the molecule is CC(C(=O)N(C)C(C)c1cccs1)C(N)c1ccccc1. The average molecular weight is 302 g/mol. The fraction of sp³-hybridized carbons (Fsp3) is 0.353. The highest BCUT2D eigenvalue weighted by Crippen LogP contribution is 2.27. The Labute approximate surface area is 130 Å². The first-order valence-corrected chi connectivity index (χ1v) is 8.01. The van der Waals surface area contributed by atoms with E-state index in [4.69, 9.17) is 5.73 Å². The molecule has 1 aromatic heterocycles. The van der Waals surface area contributed by atoms with Crippen LogP contribution in [0, 0.1) is 5.92 Å². The van der Waals surface area contributed by atoms with Crippen LogP contribution in [-0.2, 0) is 4.79 Å². The van der Waals surface area contributed by atoms with Crippen molar-refractivity contribution in [1.82, 2.24) is 4.90 Å². The Bertz CT molecular complexity index is 568. The van der Waals surface area contributed by atoms with Gasteiger partial charge in [-0.3, -0.25) is 4.79 Å². The van der Waals surface area contributed by atoms with Crippen molar-refractivity contribution in [3.8, 4) is 0 Å². The van der Waals surface area contributed by atoms with Crippen LogP contribution in [0.15, 0.2) is 47.8 Å². The summed E-state index contributed by atoms with van der Waals surface area (Å²) in [6, 6.07) is 13.6. The molecule has 0 radical (unpaired) electrons. The van der Waals surface area contributed by atoms with Gasteiger partial charge in [-0.25, -0.2) is 0 Å². The zero-order chi connectivity index (χ0) is 15.4. The van der Waals surface area contributed by atoms with E-state index >= 15 is 0 Å². The highest BCUT2D eigenvalue weighted by molar-refractivity contribution is 7.10. The molecule has 0 aliphatic carbocycles. The summed E-state index contributed by atoms with van der Waals surface area (Å²) in [6.07, 6.45) is 0. The largest absolute Gasteiger partial charge is 0.338 e. The second kappa shape index (κ2) is 6.87. The van der Waals surface area contributed by atoms with Crippen LogP contribution in [0.2, 0.25) is 0 Å². The van der Waals surface area contributed by atoms with Gasteiger partial charge in [-0.1, -0.05) is 43.3 Å². The molecule has 3 atom stereocenters. The molecule has 1 amide bonds. The maximum atomic E-state index is 12.6. The summed E-state index contributed by atoms with van der Waals surface area (Å²) in [6.45, 7) is 3.95.